The lowest BCUT2D eigenvalue weighted by molar-refractivity contribution is -0.113. The molecule has 2 rings (SSSR count). The lowest BCUT2D eigenvalue weighted by Gasteiger charge is -2.09. The van der Waals surface area contributed by atoms with Gasteiger partial charge in [0.1, 0.15) is 0 Å². The number of carbonyl (C=O) groups is 1. The molecule has 0 bridgehead atoms. The average Bonchev–Trinajstić information content (AvgIpc) is 2.89. The molecule has 1 aromatic heterocycles. The van der Waals surface area contributed by atoms with Gasteiger partial charge in [-0.25, -0.2) is 0 Å². The topological polar surface area (TPSA) is 54.9 Å². The summed E-state index contributed by atoms with van der Waals surface area (Å²) in [5.41, 5.74) is 0.359. The molecule has 0 saturated heterocycles. The molecular formula is C12H10Cl3N3OS3. The second-order valence-corrected chi connectivity index (χ2v) is 8.81. The predicted octanol–water partition coefficient (Wildman–Crippen LogP) is 5.34. The van der Waals surface area contributed by atoms with Crippen LogP contribution in [0.3, 0.4) is 0 Å². The number of rotatable bonds is 6. The van der Waals surface area contributed by atoms with Crippen molar-refractivity contribution in [3.63, 3.8) is 0 Å². The number of carbonyl (C=O) groups excluding carboxylic acids is 1. The quantitative estimate of drug-likeness (QED) is 0.646. The minimum absolute atomic E-state index is 0.195. The molecule has 1 N–H and O–H groups in total. The summed E-state index contributed by atoms with van der Waals surface area (Å²) >= 11 is 22.3. The summed E-state index contributed by atoms with van der Waals surface area (Å²) in [7, 11) is 0. The van der Waals surface area contributed by atoms with Gasteiger partial charge in [-0.2, -0.15) is 0 Å². The smallest absolute Gasteiger partial charge is 0.234 e. The first kappa shape index (κ1) is 18.2. The van der Waals surface area contributed by atoms with E-state index in [1.807, 2.05) is 6.92 Å². The number of halogens is 3. The van der Waals surface area contributed by atoms with Crippen molar-refractivity contribution in [2.45, 2.75) is 15.6 Å². The summed E-state index contributed by atoms with van der Waals surface area (Å²) < 4.78 is 1.65. The molecule has 0 unspecified atom stereocenters. The van der Waals surface area contributed by atoms with Gasteiger partial charge in [-0.15, -0.1) is 10.2 Å². The molecule has 0 atom stereocenters. The van der Waals surface area contributed by atoms with E-state index in [-0.39, 0.29) is 11.7 Å². The van der Waals surface area contributed by atoms with Crippen LogP contribution in [0.5, 0.6) is 0 Å². The normalized spacial score (nSPS) is 10.7. The number of amides is 1. The van der Waals surface area contributed by atoms with Gasteiger partial charge in [-0.05, 0) is 17.9 Å². The van der Waals surface area contributed by atoms with Crippen molar-refractivity contribution in [1.82, 2.24) is 10.2 Å². The van der Waals surface area contributed by atoms with Crippen molar-refractivity contribution in [3.8, 4) is 0 Å². The maximum absolute atomic E-state index is 12.0. The van der Waals surface area contributed by atoms with Crippen LogP contribution in [-0.4, -0.2) is 27.6 Å². The van der Waals surface area contributed by atoms with Crippen molar-refractivity contribution in [3.05, 3.63) is 27.2 Å². The summed E-state index contributed by atoms with van der Waals surface area (Å²) in [5.74, 6) is 0.907. The lowest BCUT2D eigenvalue weighted by Crippen LogP contribution is -2.14. The van der Waals surface area contributed by atoms with Crippen LogP contribution in [0.4, 0.5) is 5.69 Å². The Morgan fingerprint density at radius 3 is 2.36 bits per heavy atom. The van der Waals surface area contributed by atoms with Crippen molar-refractivity contribution in [1.29, 1.82) is 0 Å². The third-order valence-corrected chi connectivity index (χ3v) is 6.14. The first-order chi connectivity index (χ1) is 10.5. The predicted molar refractivity (Wildman–Crippen MR) is 97.1 cm³/mol. The van der Waals surface area contributed by atoms with Crippen LogP contribution in [0, 0.1) is 0 Å². The van der Waals surface area contributed by atoms with Crippen molar-refractivity contribution < 1.29 is 4.79 Å². The number of aromatic nitrogens is 2. The SMILES string of the molecule is CCSc1nnc(SCC(=O)Nc2c(Cl)cc(Cl)cc2Cl)s1. The molecule has 2 aromatic rings. The molecule has 0 spiro atoms. The fourth-order valence-corrected chi connectivity index (χ4v) is 5.03. The maximum atomic E-state index is 12.0. The highest BCUT2D eigenvalue weighted by molar-refractivity contribution is 8.03. The summed E-state index contributed by atoms with van der Waals surface area (Å²) in [4.78, 5) is 12.0. The molecule has 0 radical (unpaired) electrons. The first-order valence-corrected chi connectivity index (χ1v) is 9.95. The zero-order chi connectivity index (χ0) is 16.1. The second-order valence-electron chi connectivity index (χ2n) is 3.85. The Balaban J connectivity index is 1.93. The van der Waals surface area contributed by atoms with E-state index in [4.69, 9.17) is 34.8 Å². The molecule has 0 aliphatic carbocycles. The number of anilines is 1. The van der Waals surface area contributed by atoms with Gasteiger partial charge < -0.3 is 5.32 Å². The van der Waals surface area contributed by atoms with Crippen molar-refractivity contribution in [2.24, 2.45) is 0 Å². The number of nitrogens with one attached hydrogen (secondary N) is 1. The van der Waals surface area contributed by atoms with E-state index >= 15 is 0 Å². The summed E-state index contributed by atoms with van der Waals surface area (Å²) in [6.45, 7) is 2.05. The highest BCUT2D eigenvalue weighted by atomic mass is 35.5. The summed E-state index contributed by atoms with van der Waals surface area (Å²) in [5, 5.41) is 11.7. The van der Waals surface area contributed by atoms with Gasteiger partial charge in [0.15, 0.2) is 8.68 Å². The molecule has 0 aliphatic heterocycles. The molecule has 4 nitrogen and oxygen atoms in total. The third-order valence-electron chi connectivity index (χ3n) is 2.25. The zero-order valence-corrected chi connectivity index (χ0v) is 15.9. The van der Waals surface area contributed by atoms with E-state index in [1.54, 1.807) is 11.8 Å². The Bertz CT molecular complexity index is 658. The molecule has 0 fully saturated rings. The van der Waals surface area contributed by atoms with Crippen LogP contribution >= 0.6 is 69.7 Å². The molecule has 118 valence electrons. The zero-order valence-electron chi connectivity index (χ0n) is 11.2. The van der Waals surface area contributed by atoms with E-state index in [2.05, 4.69) is 15.5 Å². The van der Waals surface area contributed by atoms with Gasteiger partial charge in [0, 0.05) is 5.02 Å². The minimum atomic E-state index is -0.226. The number of hydrogen-bond acceptors (Lipinski definition) is 6. The first-order valence-electron chi connectivity index (χ1n) is 6.03. The highest BCUT2D eigenvalue weighted by Gasteiger charge is 2.13. The fraction of sp³-hybridized carbons (Fsp3) is 0.250. The van der Waals surface area contributed by atoms with Crippen LogP contribution in [0.1, 0.15) is 6.92 Å². The standard InChI is InChI=1S/C12H10Cl3N3OS3/c1-2-20-11-17-18-12(22-11)21-5-9(19)16-10-7(14)3-6(13)4-8(10)15/h3-4H,2,5H2,1H3,(H,16,19). The molecule has 10 heteroatoms. The highest BCUT2D eigenvalue weighted by Crippen LogP contribution is 2.34. The molecule has 0 aliphatic rings. The third kappa shape index (κ3) is 5.18. The Hall–Kier alpha value is -0.180. The Kier molecular flexibility index (Phi) is 7.11. The van der Waals surface area contributed by atoms with E-state index in [1.165, 1.54) is 35.2 Å². The molecular weight excluding hydrogens is 405 g/mol. The lowest BCUT2D eigenvalue weighted by atomic mass is 10.3. The van der Waals surface area contributed by atoms with Gasteiger partial charge in [-0.3, -0.25) is 4.79 Å². The van der Waals surface area contributed by atoms with E-state index in [0.29, 0.717) is 20.8 Å². The summed E-state index contributed by atoms with van der Waals surface area (Å²) in [6.07, 6.45) is 0. The Labute approximate surface area is 155 Å². The molecule has 1 amide bonds. The Morgan fingerprint density at radius 2 is 1.77 bits per heavy atom. The molecule has 1 aromatic carbocycles. The Morgan fingerprint density at radius 1 is 1.18 bits per heavy atom. The number of thioether (sulfide) groups is 2. The fourth-order valence-electron chi connectivity index (χ4n) is 1.40. The van der Waals surface area contributed by atoms with Crippen molar-refractivity contribution in [2.75, 3.05) is 16.8 Å². The van der Waals surface area contributed by atoms with E-state index in [0.717, 1.165) is 14.4 Å². The maximum Gasteiger partial charge on any atom is 0.234 e. The van der Waals surface area contributed by atoms with E-state index < -0.39 is 0 Å². The largest absolute Gasteiger partial charge is 0.323 e. The number of benzene rings is 1. The molecule has 1 heterocycles. The van der Waals surface area contributed by atoms with E-state index in [9.17, 15) is 4.79 Å². The summed E-state index contributed by atoms with van der Waals surface area (Å²) in [6, 6.07) is 3.05. The van der Waals surface area contributed by atoms with Crippen LogP contribution in [0.15, 0.2) is 20.8 Å². The van der Waals surface area contributed by atoms with Gasteiger partial charge in [-0.1, -0.05) is 76.6 Å². The number of nitrogens with zero attached hydrogens (tertiary/aromatic N) is 2. The second kappa shape index (κ2) is 8.61. The van der Waals surface area contributed by atoms with Gasteiger partial charge in [0.05, 0.1) is 21.5 Å². The van der Waals surface area contributed by atoms with Crippen LogP contribution in [-0.2, 0) is 4.79 Å². The molecule has 0 saturated carbocycles. The van der Waals surface area contributed by atoms with Crippen molar-refractivity contribution >= 4 is 81.3 Å². The van der Waals surface area contributed by atoms with Gasteiger partial charge >= 0.3 is 0 Å². The monoisotopic (exact) mass is 413 g/mol. The van der Waals surface area contributed by atoms with Crippen LogP contribution < -0.4 is 5.32 Å². The van der Waals surface area contributed by atoms with Gasteiger partial charge in [0.25, 0.3) is 0 Å². The van der Waals surface area contributed by atoms with Crippen LogP contribution in [0.25, 0.3) is 0 Å². The van der Waals surface area contributed by atoms with Gasteiger partial charge in [0.2, 0.25) is 5.91 Å². The number of hydrogen-bond donors (Lipinski definition) is 1. The van der Waals surface area contributed by atoms with Crippen LogP contribution in [0.2, 0.25) is 15.1 Å². The molecule has 22 heavy (non-hydrogen) atoms. The average molecular weight is 415 g/mol. The minimum Gasteiger partial charge on any atom is -0.323 e.